The van der Waals surface area contributed by atoms with E-state index in [0.717, 1.165) is 64.1 Å². The molecule has 2 atom stereocenters. The summed E-state index contributed by atoms with van der Waals surface area (Å²) < 4.78 is 0. The summed E-state index contributed by atoms with van der Waals surface area (Å²) in [6, 6.07) is 0. The Hall–Kier alpha value is -1.47. The van der Waals surface area contributed by atoms with Crippen LogP contribution < -0.4 is 0 Å². The van der Waals surface area contributed by atoms with Crippen LogP contribution in [0.15, 0.2) is 0 Å². The Morgan fingerprint density at radius 3 is 2.62 bits per heavy atom. The second kappa shape index (κ2) is 8.34. The number of amides is 2. The van der Waals surface area contributed by atoms with Crippen LogP contribution >= 0.6 is 11.3 Å². The molecule has 2 aliphatic heterocycles. The Labute approximate surface area is 178 Å². The van der Waals surface area contributed by atoms with Gasteiger partial charge in [0.2, 0.25) is 5.91 Å². The van der Waals surface area contributed by atoms with Gasteiger partial charge in [-0.25, -0.2) is 4.98 Å². The average molecular weight is 419 g/mol. The van der Waals surface area contributed by atoms with Crippen LogP contribution in [0.2, 0.25) is 0 Å². The molecule has 4 rings (SSSR count). The van der Waals surface area contributed by atoms with Crippen molar-refractivity contribution in [1.82, 2.24) is 19.7 Å². The molecule has 0 spiro atoms. The predicted octanol–water partition coefficient (Wildman–Crippen LogP) is 2.67. The Morgan fingerprint density at radius 1 is 1.17 bits per heavy atom. The molecule has 0 aromatic carbocycles. The van der Waals surface area contributed by atoms with Crippen molar-refractivity contribution >= 4 is 23.2 Å². The summed E-state index contributed by atoms with van der Waals surface area (Å²) in [6.45, 7) is 6.07. The van der Waals surface area contributed by atoms with Gasteiger partial charge in [-0.1, -0.05) is 13.3 Å². The highest BCUT2D eigenvalue weighted by molar-refractivity contribution is 7.13. The molecule has 7 heteroatoms. The van der Waals surface area contributed by atoms with Crippen molar-refractivity contribution in [3.8, 4) is 0 Å². The van der Waals surface area contributed by atoms with Crippen molar-refractivity contribution < 1.29 is 9.59 Å². The minimum absolute atomic E-state index is 0.0160. The van der Waals surface area contributed by atoms with Gasteiger partial charge in [0.05, 0.1) is 5.69 Å². The number of aromatic nitrogens is 1. The lowest BCUT2D eigenvalue weighted by Gasteiger charge is -2.32. The first-order chi connectivity index (χ1) is 13.9. The molecule has 0 unspecified atom stereocenters. The quantitative estimate of drug-likeness (QED) is 0.713. The Morgan fingerprint density at radius 2 is 1.90 bits per heavy atom. The summed E-state index contributed by atoms with van der Waals surface area (Å²) >= 11 is 1.61. The lowest BCUT2D eigenvalue weighted by atomic mass is 9.80. The molecule has 160 valence electrons. The third-order valence-electron chi connectivity index (χ3n) is 6.80. The minimum Gasteiger partial charge on any atom is -0.342 e. The lowest BCUT2D eigenvalue weighted by molar-refractivity contribution is -0.130. The fraction of sp³-hybridized carbons (Fsp3) is 0.773. The third-order valence-corrected chi connectivity index (χ3v) is 7.95. The molecule has 1 aromatic heterocycles. The van der Waals surface area contributed by atoms with E-state index in [1.54, 1.807) is 11.3 Å². The average Bonchev–Trinajstić information content (AvgIpc) is 3.34. The molecule has 29 heavy (non-hydrogen) atoms. The van der Waals surface area contributed by atoms with Crippen LogP contribution in [0.1, 0.15) is 59.4 Å². The standard InChI is InChI=1S/C22H34N4O2S/c1-4-5-10-19(27)25-11-16-12-26(15-22(16,14-25)13-24(2)3)21(28)20-23-17-8-6-7-9-18(17)29-20/h16H,4-15H2,1-3H3/t16-,22+/m1/s1. The van der Waals surface area contributed by atoms with Gasteiger partial charge in [-0.05, 0) is 46.2 Å². The van der Waals surface area contributed by atoms with E-state index in [4.69, 9.17) is 4.98 Å². The zero-order valence-electron chi connectivity index (χ0n) is 18.1. The van der Waals surface area contributed by atoms with Crippen LogP contribution in [-0.4, -0.2) is 78.3 Å². The molecule has 6 nitrogen and oxygen atoms in total. The van der Waals surface area contributed by atoms with E-state index < -0.39 is 0 Å². The summed E-state index contributed by atoms with van der Waals surface area (Å²) in [6.07, 6.45) is 7.14. The number of nitrogens with zero attached hydrogens (tertiary/aromatic N) is 4. The van der Waals surface area contributed by atoms with Crippen molar-refractivity contribution in [3.05, 3.63) is 15.6 Å². The Bertz CT molecular complexity index is 753. The van der Waals surface area contributed by atoms with Gasteiger partial charge in [0, 0.05) is 55.4 Å². The highest BCUT2D eigenvalue weighted by Crippen LogP contribution is 2.44. The van der Waals surface area contributed by atoms with Crippen LogP contribution in [0.4, 0.5) is 0 Å². The van der Waals surface area contributed by atoms with E-state index in [2.05, 4.69) is 30.8 Å². The molecule has 0 saturated carbocycles. The summed E-state index contributed by atoms with van der Waals surface area (Å²) in [5, 5.41) is 0.674. The third kappa shape index (κ3) is 4.08. The largest absolute Gasteiger partial charge is 0.342 e. The van der Waals surface area contributed by atoms with E-state index in [0.29, 0.717) is 17.3 Å². The molecular formula is C22H34N4O2S. The first-order valence-corrected chi connectivity index (χ1v) is 11.9. The molecule has 3 aliphatic rings. The van der Waals surface area contributed by atoms with Crippen LogP contribution in [0.25, 0.3) is 0 Å². The van der Waals surface area contributed by atoms with E-state index >= 15 is 0 Å². The van der Waals surface area contributed by atoms with E-state index in [9.17, 15) is 9.59 Å². The number of thiazole rings is 1. The molecule has 2 amide bonds. The van der Waals surface area contributed by atoms with Crippen LogP contribution in [0.3, 0.4) is 0 Å². The van der Waals surface area contributed by atoms with Gasteiger partial charge in [-0.3, -0.25) is 9.59 Å². The smallest absolute Gasteiger partial charge is 0.282 e. The number of unbranched alkanes of at least 4 members (excludes halogenated alkanes) is 1. The van der Waals surface area contributed by atoms with E-state index in [1.807, 2.05) is 4.90 Å². The topological polar surface area (TPSA) is 56.8 Å². The van der Waals surface area contributed by atoms with Gasteiger partial charge in [-0.2, -0.15) is 0 Å². The predicted molar refractivity (Wildman–Crippen MR) is 115 cm³/mol. The first kappa shape index (κ1) is 20.8. The normalized spacial score (nSPS) is 26.1. The number of rotatable bonds is 6. The minimum atomic E-state index is -0.0160. The second-order valence-electron chi connectivity index (χ2n) is 9.46. The SMILES string of the molecule is CCCCC(=O)N1C[C@@H]2CN(C(=O)c3nc4c(s3)CCCC4)C[C@]2(CN(C)C)C1. The van der Waals surface area contributed by atoms with Gasteiger partial charge in [0.1, 0.15) is 0 Å². The monoisotopic (exact) mass is 418 g/mol. The van der Waals surface area contributed by atoms with E-state index in [1.165, 1.54) is 17.7 Å². The zero-order chi connectivity index (χ0) is 20.6. The molecule has 1 aliphatic carbocycles. The number of hydrogen-bond donors (Lipinski definition) is 0. The molecule has 0 bridgehead atoms. The lowest BCUT2D eigenvalue weighted by Crippen LogP contribution is -2.43. The number of hydrogen-bond acceptors (Lipinski definition) is 5. The van der Waals surface area contributed by atoms with E-state index in [-0.39, 0.29) is 17.2 Å². The molecule has 2 fully saturated rings. The van der Waals surface area contributed by atoms with Crippen molar-refractivity contribution in [2.24, 2.45) is 11.3 Å². The van der Waals surface area contributed by atoms with Crippen molar-refractivity contribution in [2.75, 3.05) is 46.8 Å². The molecule has 0 N–H and O–H groups in total. The number of carbonyl (C=O) groups excluding carboxylic acids is 2. The molecule has 0 radical (unpaired) electrons. The maximum atomic E-state index is 13.3. The molecular weight excluding hydrogens is 384 g/mol. The van der Waals surface area contributed by atoms with Gasteiger partial charge in [-0.15, -0.1) is 11.3 Å². The number of likely N-dealkylation sites (tertiary alicyclic amines) is 2. The van der Waals surface area contributed by atoms with Crippen LogP contribution in [0.5, 0.6) is 0 Å². The van der Waals surface area contributed by atoms with Crippen molar-refractivity contribution in [2.45, 2.75) is 51.9 Å². The van der Waals surface area contributed by atoms with Gasteiger partial charge in [0.15, 0.2) is 5.01 Å². The maximum absolute atomic E-state index is 13.3. The van der Waals surface area contributed by atoms with Crippen LogP contribution in [-0.2, 0) is 17.6 Å². The number of carbonyl (C=O) groups is 2. The molecule has 1 aromatic rings. The highest BCUT2D eigenvalue weighted by atomic mass is 32.1. The zero-order valence-corrected chi connectivity index (χ0v) is 18.9. The van der Waals surface area contributed by atoms with Crippen molar-refractivity contribution in [3.63, 3.8) is 0 Å². The molecule has 3 heterocycles. The fourth-order valence-corrected chi connectivity index (χ4v) is 6.56. The first-order valence-electron chi connectivity index (χ1n) is 11.1. The Balaban J connectivity index is 1.48. The summed E-state index contributed by atoms with van der Waals surface area (Å²) in [7, 11) is 4.18. The number of aryl methyl sites for hydroxylation is 2. The molecule has 2 saturated heterocycles. The summed E-state index contributed by atoms with van der Waals surface area (Å²) in [5.41, 5.74) is 1.14. The summed E-state index contributed by atoms with van der Waals surface area (Å²) in [5.74, 6) is 0.736. The second-order valence-corrected chi connectivity index (χ2v) is 10.5. The van der Waals surface area contributed by atoms with Gasteiger partial charge in [0.25, 0.3) is 5.91 Å². The van der Waals surface area contributed by atoms with Crippen LogP contribution in [0, 0.1) is 11.3 Å². The Kier molecular flexibility index (Phi) is 5.98. The van der Waals surface area contributed by atoms with Gasteiger partial charge >= 0.3 is 0 Å². The summed E-state index contributed by atoms with van der Waals surface area (Å²) in [4.78, 5) is 38.2. The fourth-order valence-electron chi connectivity index (χ4n) is 5.44. The maximum Gasteiger partial charge on any atom is 0.282 e. The number of fused-ring (bicyclic) bond motifs is 2. The van der Waals surface area contributed by atoms with Crippen molar-refractivity contribution in [1.29, 1.82) is 0 Å². The van der Waals surface area contributed by atoms with Gasteiger partial charge < -0.3 is 14.7 Å². The highest BCUT2D eigenvalue weighted by Gasteiger charge is 2.54.